The van der Waals surface area contributed by atoms with Gasteiger partial charge in [-0.1, -0.05) is 19.1 Å². The van der Waals surface area contributed by atoms with Crippen LogP contribution in [-0.4, -0.2) is 0 Å². The highest BCUT2D eigenvalue weighted by Gasteiger charge is 2.06. The highest BCUT2D eigenvalue weighted by molar-refractivity contribution is 5.34. The van der Waals surface area contributed by atoms with Crippen LogP contribution in [0.5, 0.6) is 11.5 Å². The summed E-state index contributed by atoms with van der Waals surface area (Å²) in [6, 6.07) is 10.7. The van der Waals surface area contributed by atoms with Crippen LogP contribution in [0.15, 0.2) is 42.5 Å². The fourth-order valence-corrected chi connectivity index (χ4v) is 1.70. The summed E-state index contributed by atoms with van der Waals surface area (Å²) in [5, 5.41) is 0. The zero-order valence-electron chi connectivity index (χ0n) is 10.6. The minimum Gasteiger partial charge on any atom is -0.457 e. The summed E-state index contributed by atoms with van der Waals surface area (Å²) in [4.78, 5) is 0. The van der Waals surface area contributed by atoms with E-state index < -0.39 is 11.6 Å². The van der Waals surface area contributed by atoms with E-state index >= 15 is 0 Å². The predicted molar refractivity (Wildman–Crippen MR) is 70.1 cm³/mol. The molecule has 0 unspecified atom stereocenters. The number of benzene rings is 2. The van der Waals surface area contributed by atoms with Crippen LogP contribution in [0.1, 0.15) is 24.9 Å². The number of hydrogen-bond donors (Lipinski definition) is 1. The summed E-state index contributed by atoms with van der Waals surface area (Å²) in [6.45, 7) is 2.01. The smallest absolute Gasteiger partial charge is 0.162 e. The van der Waals surface area contributed by atoms with Gasteiger partial charge in [-0.2, -0.15) is 0 Å². The molecule has 100 valence electrons. The topological polar surface area (TPSA) is 35.2 Å². The molecule has 0 heterocycles. The van der Waals surface area contributed by atoms with Gasteiger partial charge in [0.2, 0.25) is 0 Å². The molecule has 0 fully saturated rings. The van der Waals surface area contributed by atoms with E-state index in [4.69, 9.17) is 10.5 Å². The third-order valence-electron chi connectivity index (χ3n) is 2.87. The maximum Gasteiger partial charge on any atom is 0.162 e. The molecule has 19 heavy (non-hydrogen) atoms. The average Bonchev–Trinajstić information content (AvgIpc) is 2.43. The largest absolute Gasteiger partial charge is 0.457 e. The van der Waals surface area contributed by atoms with Gasteiger partial charge in [0, 0.05) is 12.1 Å². The highest BCUT2D eigenvalue weighted by atomic mass is 19.2. The van der Waals surface area contributed by atoms with Crippen LogP contribution in [0.2, 0.25) is 0 Å². The first-order valence-corrected chi connectivity index (χ1v) is 6.08. The van der Waals surface area contributed by atoms with Crippen molar-refractivity contribution in [1.29, 1.82) is 0 Å². The molecule has 0 bridgehead atoms. The van der Waals surface area contributed by atoms with Crippen molar-refractivity contribution in [3.05, 3.63) is 59.7 Å². The Bertz CT molecular complexity index is 555. The highest BCUT2D eigenvalue weighted by Crippen LogP contribution is 2.24. The summed E-state index contributed by atoms with van der Waals surface area (Å²) < 4.78 is 31.2. The molecule has 2 nitrogen and oxygen atoms in total. The van der Waals surface area contributed by atoms with Crippen molar-refractivity contribution in [2.24, 2.45) is 5.73 Å². The van der Waals surface area contributed by atoms with Gasteiger partial charge in [0.15, 0.2) is 11.6 Å². The van der Waals surface area contributed by atoms with Crippen LogP contribution < -0.4 is 10.5 Å². The van der Waals surface area contributed by atoms with Crippen LogP contribution in [0, 0.1) is 11.6 Å². The van der Waals surface area contributed by atoms with Crippen LogP contribution in [0.4, 0.5) is 8.78 Å². The van der Waals surface area contributed by atoms with Crippen LogP contribution >= 0.6 is 0 Å². The van der Waals surface area contributed by atoms with Gasteiger partial charge in [-0.15, -0.1) is 0 Å². The summed E-state index contributed by atoms with van der Waals surface area (Å²) in [5.41, 5.74) is 6.92. The molecule has 0 radical (unpaired) electrons. The lowest BCUT2D eigenvalue weighted by atomic mass is 10.1. The average molecular weight is 263 g/mol. The number of halogens is 2. The van der Waals surface area contributed by atoms with E-state index in [1.165, 1.54) is 6.07 Å². The Morgan fingerprint density at radius 2 is 1.63 bits per heavy atom. The van der Waals surface area contributed by atoms with Crippen molar-refractivity contribution in [3.63, 3.8) is 0 Å². The number of hydrogen-bond acceptors (Lipinski definition) is 2. The Kier molecular flexibility index (Phi) is 4.12. The minimum absolute atomic E-state index is 0.00249. The maximum atomic E-state index is 13.0. The number of ether oxygens (including phenoxy) is 1. The molecule has 0 amide bonds. The second kappa shape index (κ2) is 5.80. The number of nitrogens with two attached hydrogens (primary N) is 1. The summed E-state index contributed by atoms with van der Waals surface area (Å²) >= 11 is 0. The Labute approximate surface area is 110 Å². The Hall–Kier alpha value is -1.94. The van der Waals surface area contributed by atoms with Gasteiger partial charge in [0.05, 0.1) is 0 Å². The first-order chi connectivity index (χ1) is 9.10. The fraction of sp³-hybridized carbons (Fsp3) is 0.200. The van der Waals surface area contributed by atoms with Crippen molar-refractivity contribution in [2.45, 2.75) is 19.4 Å². The number of rotatable bonds is 4. The molecule has 0 saturated heterocycles. The minimum atomic E-state index is -0.929. The van der Waals surface area contributed by atoms with Gasteiger partial charge >= 0.3 is 0 Å². The van der Waals surface area contributed by atoms with E-state index in [0.717, 1.165) is 24.1 Å². The third kappa shape index (κ3) is 3.29. The first-order valence-electron chi connectivity index (χ1n) is 6.08. The van der Waals surface area contributed by atoms with Gasteiger partial charge in [-0.3, -0.25) is 0 Å². The lowest BCUT2D eigenvalue weighted by Crippen LogP contribution is -2.07. The standard InChI is InChI=1S/C15H15F2NO/c1-2-15(18)10-3-5-11(6-4-10)19-12-7-8-13(16)14(17)9-12/h3-9,15H,2,18H2,1H3/t15-/m1/s1. The van der Waals surface area contributed by atoms with Crippen LogP contribution in [0.3, 0.4) is 0 Å². The van der Waals surface area contributed by atoms with Crippen LogP contribution in [0.25, 0.3) is 0 Å². The molecule has 0 aromatic heterocycles. The molecule has 0 aliphatic rings. The summed E-state index contributed by atoms with van der Waals surface area (Å²) in [5.74, 6) is -1.01. The molecule has 0 spiro atoms. The van der Waals surface area contributed by atoms with Crippen molar-refractivity contribution in [2.75, 3.05) is 0 Å². The van der Waals surface area contributed by atoms with E-state index in [9.17, 15) is 8.78 Å². The zero-order valence-corrected chi connectivity index (χ0v) is 10.6. The van der Waals surface area contributed by atoms with E-state index in [1.54, 1.807) is 12.1 Å². The molecular weight excluding hydrogens is 248 g/mol. The predicted octanol–water partition coefficient (Wildman–Crippen LogP) is 4.17. The van der Waals surface area contributed by atoms with E-state index in [-0.39, 0.29) is 11.8 Å². The third-order valence-corrected chi connectivity index (χ3v) is 2.87. The molecular formula is C15H15F2NO. The van der Waals surface area contributed by atoms with Crippen molar-refractivity contribution in [1.82, 2.24) is 0 Å². The molecule has 0 aliphatic heterocycles. The zero-order chi connectivity index (χ0) is 13.8. The normalized spacial score (nSPS) is 12.2. The Morgan fingerprint density at radius 1 is 1.00 bits per heavy atom. The summed E-state index contributed by atoms with van der Waals surface area (Å²) in [6.07, 6.45) is 0.851. The van der Waals surface area contributed by atoms with Gasteiger partial charge in [-0.25, -0.2) is 8.78 Å². The van der Waals surface area contributed by atoms with Crippen LogP contribution in [-0.2, 0) is 0 Å². The van der Waals surface area contributed by atoms with Gasteiger partial charge < -0.3 is 10.5 Å². The molecule has 1 atom stereocenters. The molecule has 0 saturated carbocycles. The van der Waals surface area contributed by atoms with Gasteiger partial charge in [0.25, 0.3) is 0 Å². The van der Waals surface area contributed by atoms with Crippen molar-refractivity contribution in [3.8, 4) is 11.5 Å². The SMILES string of the molecule is CC[C@@H](N)c1ccc(Oc2ccc(F)c(F)c2)cc1. The maximum absolute atomic E-state index is 13.0. The second-order valence-corrected chi connectivity index (χ2v) is 4.26. The van der Waals surface area contributed by atoms with E-state index in [1.807, 2.05) is 19.1 Å². The van der Waals surface area contributed by atoms with E-state index in [2.05, 4.69) is 0 Å². The molecule has 2 N–H and O–H groups in total. The Balaban J connectivity index is 2.12. The molecule has 4 heteroatoms. The quantitative estimate of drug-likeness (QED) is 0.898. The lowest BCUT2D eigenvalue weighted by Gasteiger charge is -2.10. The fourth-order valence-electron chi connectivity index (χ4n) is 1.70. The first kappa shape index (κ1) is 13.5. The van der Waals surface area contributed by atoms with Gasteiger partial charge in [-0.05, 0) is 36.2 Å². The summed E-state index contributed by atoms with van der Waals surface area (Å²) in [7, 11) is 0. The molecule has 2 aromatic rings. The van der Waals surface area contributed by atoms with E-state index in [0.29, 0.717) is 5.75 Å². The monoisotopic (exact) mass is 263 g/mol. The van der Waals surface area contributed by atoms with Gasteiger partial charge in [0.1, 0.15) is 11.5 Å². The van der Waals surface area contributed by atoms with Crippen molar-refractivity contribution < 1.29 is 13.5 Å². The molecule has 0 aliphatic carbocycles. The Morgan fingerprint density at radius 3 is 2.21 bits per heavy atom. The van der Waals surface area contributed by atoms with Crippen molar-refractivity contribution >= 4 is 0 Å². The molecule has 2 aromatic carbocycles. The molecule has 2 rings (SSSR count). The lowest BCUT2D eigenvalue weighted by molar-refractivity contribution is 0.461. The second-order valence-electron chi connectivity index (χ2n) is 4.26.